The Morgan fingerprint density at radius 2 is 1.71 bits per heavy atom. The molecule has 31 heavy (non-hydrogen) atoms. The van der Waals surface area contributed by atoms with Crippen LogP contribution in [0.4, 0.5) is 5.69 Å². The number of aryl methyl sites for hydroxylation is 2. The lowest BCUT2D eigenvalue weighted by Crippen LogP contribution is -3.08. The van der Waals surface area contributed by atoms with Crippen molar-refractivity contribution in [2.45, 2.75) is 27.0 Å². The molecule has 0 saturated carbocycles. The van der Waals surface area contributed by atoms with Gasteiger partial charge in [-0.1, -0.05) is 42.5 Å². The predicted molar refractivity (Wildman–Crippen MR) is 124 cm³/mol. The van der Waals surface area contributed by atoms with Gasteiger partial charge in [-0.3, -0.25) is 4.79 Å². The van der Waals surface area contributed by atoms with Crippen LogP contribution in [0.3, 0.4) is 0 Å². The molecule has 1 atom stereocenters. The molecule has 5 nitrogen and oxygen atoms in total. The minimum atomic E-state index is 0.000907. The second-order valence-electron chi connectivity index (χ2n) is 7.94. The van der Waals surface area contributed by atoms with Crippen molar-refractivity contribution in [1.82, 2.24) is 0 Å². The van der Waals surface area contributed by atoms with Crippen LogP contribution in [0, 0.1) is 13.8 Å². The number of rotatable bonds is 9. The average Bonchev–Trinajstić information content (AvgIpc) is 2.75. The first-order valence-corrected chi connectivity index (χ1v) is 10.5. The number of benzene rings is 3. The zero-order valence-electron chi connectivity index (χ0n) is 18.7. The van der Waals surface area contributed by atoms with Gasteiger partial charge in [-0.2, -0.15) is 0 Å². The van der Waals surface area contributed by atoms with Crippen LogP contribution in [0.25, 0.3) is 0 Å². The van der Waals surface area contributed by atoms with Crippen molar-refractivity contribution in [3.05, 3.63) is 89.0 Å². The molecule has 0 spiro atoms. The van der Waals surface area contributed by atoms with Crippen molar-refractivity contribution < 1.29 is 19.2 Å². The largest absolute Gasteiger partial charge is 0.493 e. The van der Waals surface area contributed by atoms with E-state index in [-0.39, 0.29) is 5.91 Å². The topological polar surface area (TPSA) is 52.0 Å². The Bertz CT molecular complexity index is 1020. The second kappa shape index (κ2) is 10.6. The van der Waals surface area contributed by atoms with Gasteiger partial charge >= 0.3 is 0 Å². The lowest BCUT2D eigenvalue weighted by molar-refractivity contribution is -0.885. The van der Waals surface area contributed by atoms with E-state index in [0.717, 1.165) is 32.8 Å². The second-order valence-corrected chi connectivity index (χ2v) is 7.94. The Morgan fingerprint density at radius 3 is 2.45 bits per heavy atom. The monoisotopic (exact) mass is 419 g/mol. The Labute approximate surface area is 184 Å². The third-order valence-corrected chi connectivity index (χ3v) is 5.10. The van der Waals surface area contributed by atoms with Gasteiger partial charge in [-0.25, -0.2) is 0 Å². The molecule has 3 rings (SSSR count). The summed E-state index contributed by atoms with van der Waals surface area (Å²) in [4.78, 5) is 13.6. The van der Waals surface area contributed by atoms with Crippen LogP contribution >= 0.6 is 0 Å². The summed E-state index contributed by atoms with van der Waals surface area (Å²) in [5.74, 6) is 1.41. The van der Waals surface area contributed by atoms with E-state index in [2.05, 4.69) is 5.32 Å². The molecule has 0 bridgehead atoms. The van der Waals surface area contributed by atoms with Crippen molar-refractivity contribution in [2.24, 2.45) is 0 Å². The molecular weight excluding hydrogens is 388 g/mol. The zero-order valence-corrected chi connectivity index (χ0v) is 18.7. The van der Waals surface area contributed by atoms with Gasteiger partial charge in [0.15, 0.2) is 18.0 Å². The highest BCUT2D eigenvalue weighted by Gasteiger charge is 2.14. The van der Waals surface area contributed by atoms with Gasteiger partial charge in [0.25, 0.3) is 5.91 Å². The van der Waals surface area contributed by atoms with Crippen LogP contribution in [0.5, 0.6) is 11.5 Å². The number of hydrogen-bond donors (Lipinski definition) is 2. The van der Waals surface area contributed by atoms with Crippen molar-refractivity contribution in [3.8, 4) is 11.5 Å². The minimum absolute atomic E-state index is 0.000907. The van der Waals surface area contributed by atoms with Crippen molar-refractivity contribution in [2.75, 3.05) is 26.0 Å². The van der Waals surface area contributed by atoms with Gasteiger partial charge in [0, 0.05) is 11.3 Å². The van der Waals surface area contributed by atoms with Crippen LogP contribution in [-0.2, 0) is 17.9 Å². The summed E-state index contributed by atoms with van der Waals surface area (Å²) in [6, 6.07) is 22.0. The number of quaternary nitrogens is 1. The summed E-state index contributed by atoms with van der Waals surface area (Å²) in [7, 11) is 3.65. The van der Waals surface area contributed by atoms with E-state index in [1.54, 1.807) is 7.11 Å². The Kier molecular flexibility index (Phi) is 7.68. The molecule has 1 unspecified atom stereocenters. The number of carbonyl (C=O) groups is 1. The van der Waals surface area contributed by atoms with E-state index in [4.69, 9.17) is 9.47 Å². The molecule has 0 saturated heterocycles. The highest BCUT2D eigenvalue weighted by atomic mass is 16.5. The summed E-state index contributed by atoms with van der Waals surface area (Å²) in [6.07, 6.45) is 0. The molecule has 0 heterocycles. The Morgan fingerprint density at radius 1 is 0.935 bits per heavy atom. The minimum Gasteiger partial charge on any atom is -0.493 e. The molecule has 2 N–H and O–H groups in total. The molecule has 3 aromatic carbocycles. The lowest BCUT2D eigenvalue weighted by atomic mass is 10.1. The number of anilines is 1. The lowest BCUT2D eigenvalue weighted by Gasteiger charge is -2.16. The molecule has 0 radical (unpaired) electrons. The van der Waals surface area contributed by atoms with Crippen molar-refractivity contribution >= 4 is 11.6 Å². The maximum Gasteiger partial charge on any atom is 0.279 e. The van der Waals surface area contributed by atoms with Crippen LogP contribution in [0.2, 0.25) is 0 Å². The highest BCUT2D eigenvalue weighted by Crippen LogP contribution is 2.28. The summed E-state index contributed by atoms with van der Waals surface area (Å²) in [6.45, 7) is 5.59. The predicted octanol–water partition coefficient (Wildman–Crippen LogP) is 3.54. The molecule has 0 aliphatic heterocycles. The fraction of sp³-hybridized carbons (Fsp3) is 0.269. The number of carbonyl (C=O) groups excluding carboxylic acids is 1. The first-order valence-electron chi connectivity index (χ1n) is 10.5. The molecule has 5 heteroatoms. The molecule has 162 valence electrons. The summed E-state index contributed by atoms with van der Waals surface area (Å²) in [5, 5.41) is 3.03. The molecule has 1 amide bonds. The number of likely N-dealkylation sites (N-methyl/N-ethyl adjacent to an activating group) is 1. The van der Waals surface area contributed by atoms with Crippen LogP contribution in [0.1, 0.15) is 22.3 Å². The van der Waals surface area contributed by atoms with Gasteiger partial charge in [0.05, 0.1) is 14.2 Å². The number of hydrogen-bond acceptors (Lipinski definition) is 3. The van der Waals surface area contributed by atoms with Crippen LogP contribution < -0.4 is 19.7 Å². The van der Waals surface area contributed by atoms with E-state index in [1.165, 1.54) is 0 Å². The Hall–Kier alpha value is -3.31. The van der Waals surface area contributed by atoms with Gasteiger partial charge in [0.2, 0.25) is 0 Å². The molecule has 0 aliphatic carbocycles. The SMILES string of the molecule is COc1cc(C[NH+](C)CC(=O)Nc2cc(C)ccc2C)ccc1OCc1ccccc1. The molecule has 3 aromatic rings. The number of nitrogens with one attached hydrogen (secondary N) is 2. The maximum atomic E-state index is 12.5. The zero-order chi connectivity index (χ0) is 22.2. The first kappa shape index (κ1) is 22.4. The third-order valence-electron chi connectivity index (χ3n) is 5.10. The molecule has 0 fully saturated rings. The summed E-state index contributed by atoms with van der Waals surface area (Å²) >= 11 is 0. The van der Waals surface area contributed by atoms with E-state index in [1.807, 2.05) is 87.6 Å². The highest BCUT2D eigenvalue weighted by molar-refractivity contribution is 5.92. The first-order chi connectivity index (χ1) is 14.9. The van der Waals surface area contributed by atoms with Gasteiger partial charge in [-0.05, 0) is 54.8 Å². The number of methoxy groups -OCH3 is 1. The van der Waals surface area contributed by atoms with Gasteiger partial charge < -0.3 is 19.7 Å². The van der Waals surface area contributed by atoms with Crippen LogP contribution in [0.15, 0.2) is 66.7 Å². The normalized spacial score (nSPS) is 11.6. The van der Waals surface area contributed by atoms with E-state index in [9.17, 15) is 4.79 Å². The van der Waals surface area contributed by atoms with E-state index < -0.39 is 0 Å². The molecule has 0 aliphatic rings. The maximum absolute atomic E-state index is 12.5. The van der Waals surface area contributed by atoms with Gasteiger partial charge in [0.1, 0.15) is 13.2 Å². The fourth-order valence-corrected chi connectivity index (χ4v) is 3.43. The third kappa shape index (κ3) is 6.59. The fourth-order valence-electron chi connectivity index (χ4n) is 3.43. The van der Waals surface area contributed by atoms with Crippen LogP contribution in [-0.4, -0.2) is 26.6 Å². The molecular formula is C26H31N2O3+. The van der Waals surface area contributed by atoms with Gasteiger partial charge in [-0.15, -0.1) is 0 Å². The Balaban J connectivity index is 1.57. The average molecular weight is 420 g/mol. The van der Waals surface area contributed by atoms with E-state index >= 15 is 0 Å². The standard InChI is InChI=1S/C26H30N2O3/c1-19-10-11-20(2)23(14-19)27-26(29)17-28(3)16-22-12-13-24(25(15-22)30-4)31-18-21-8-6-5-7-9-21/h5-15H,16-18H2,1-4H3,(H,27,29)/p+1. The number of amides is 1. The smallest absolute Gasteiger partial charge is 0.279 e. The molecule has 0 aromatic heterocycles. The van der Waals surface area contributed by atoms with E-state index in [0.29, 0.717) is 31.2 Å². The quantitative estimate of drug-likeness (QED) is 0.558. The summed E-state index contributed by atoms with van der Waals surface area (Å²) < 4.78 is 11.5. The van der Waals surface area contributed by atoms with Crippen molar-refractivity contribution in [1.29, 1.82) is 0 Å². The summed E-state index contributed by atoms with van der Waals surface area (Å²) in [5.41, 5.74) is 5.25. The van der Waals surface area contributed by atoms with Crippen molar-refractivity contribution in [3.63, 3.8) is 0 Å². The number of ether oxygens (including phenoxy) is 2.